The highest BCUT2D eigenvalue weighted by Gasteiger charge is 2.09. The number of amides is 1. The molecule has 0 saturated heterocycles. The second-order valence-electron chi connectivity index (χ2n) is 6.01. The fourth-order valence-electron chi connectivity index (χ4n) is 3.10. The van der Waals surface area contributed by atoms with E-state index < -0.39 is 0 Å². The Morgan fingerprint density at radius 1 is 1.04 bits per heavy atom. The number of carbonyl (C=O) groups excluding carboxylic acids is 1. The minimum atomic E-state index is -0.190. The molecule has 0 aliphatic carbocycles. The standard InChI is InChI=1S/C20H17N3O2/c1-2-12-10-19(24)23-18-11-15(5-6-16(12)18)22-20(25)14-4-3-13-7-8-21-17(13)9-14/h3-11,21H,2H2,1H3,(H,22,25)(H,23,24). The van der Waals surface area contributed by atoms with Gasteiger partial charge in [0.1, 0.15) is 0 Å². The number of hydrogen-bond donors (Lipinski definition) is 3. The summed E-state index contributed by atoms with van der Waals surface area (Å²) < 4.78 is 0. The molecule has 0 saturated carbocycles. The van der Waals surface area contributed by atoms with Crippen LogP contribution < -0.4 is 10.9 Å². The lowest BCUT2D eigenvalue weighted by molar-refractivity contribution is 0.102. The molecule has 0 atom stereocenters. The molecule has 0 aliphatic heterocycles. The van der Waals surface area contributed by atoms with E-state index in [1.165, 1.54) is 0 Å². The molecule has 0 aliphatic rings. The summed E-state index contributed by atoms with van der Waals surface area (Å²) in [6.07, 6.45) is 2.62. The number of rotatable bonds is 3. The quantitative estimate of drug-likeness (QED) is 0.533. The van der Waals surface area contributed by atoms with Crippen molar-refractivity contribution in [2.24, 2.45) is 0 Å². The van der Waals surface area contributed by atoms with E-state index in [1.807, 2.05) is 43.5 Å². The van der Waals surface area contributed by atoms with Crippen molar-refractivity contribution < 1.29 is 4.79 Å². The van der Waals surface area contributed by atoms with Crippen LogP contribution in [-0.4, -0.2) is 15.9 Å². The van der Waals surface area contributed by atoms with Crippen molar-refractivity contribution in [2.45, 2.75) is 13.3 Å². The van der Waals surface area contributed by atoms with Crippen LogP contribution in [0, 0.1) is 0 Å². The van der Waals surface area contributed by atoms with Gasteiger partial charge in [0.15, 0.2) is 0 Å². The predicted octanol–water partition coefficient (Wildman–Crippen LogP) is 3.82. The third-order valence-electron chi connectivity index (χ3n) is 4.38. The zero-order valence-corrected chi connectivity index (χ0v) is 13.7. The summed E-state index contributed by atoms with van der Waals surface area (Å²) in [6.45, 7) is 2.01. The van der Waals surface area contributed by atoms with Crippen LogP contribution in [0.1, 0.15) is 22.8 Å². The van der Waals surface area contributed by atoms with Gasteiger partial charge in [-0.1, -0.05) is 19.1 Å². The summed E-state index contributed by atoms with van der Waals surface area (Å²) in [6, 6.07) is 14.7. The molecule has 0 unspecified atom stereocenters. The van der Waals surface area contributed by atoms with Crippen molar-refractivity contribution in [1.29, 1.82) is 0 Å². The number of fused-ring (bicyclic) bond motifs is 2. The molecule has 0 fully saturated rings. The first-order valence-corrected chi connectivity index (χ1v) is 8.18. The van der Waals surface area contributed by atoms with Gasteiger partial charge in [-0.05, 0) is 47.7 Å². The van der Waals surface area contributed by atoms with Gasteiger partial charge >= 0.3 is 0 Å². The minimum Gasteiger partial charge on any atom is -0.361 e. The summed E-state index contributed by atoms with van der Waals surface area (Å²) in [4.78, 5) is 30.2. The van der Waals surface area contributed by atoms with Crippen LogP contribution in [0.2, 0.25) is 0 Å². The second kappa shape index (κ2) is 5.94. The largest absolute Gasteiger partial charge is 0.361 e. The third kappa shape index (κ3) is 2.80. The molecule has 4 rings (SSSR count). The lowest BCUT2D eigenvalue weighted by Crippen LogP contribution is -2.12. The highest BCUT2D eigenvalue weighted by molar-refractivity contribution is 6.06. The number of aromatic amines is 2. The summed E-state index contributed by atoms with van der Waals surface area (Å²) >= 11 is 0. The molecule has 1 amide bonds. The summed E-state index contributed by atoms with van der Waals surface area (Å²) in [5.74, 6) is -0.190. The van der Waals surface area contributed by atoms with Gasteiger partial charge in [0.2, 0.25) is 5.56 Å². The van der Waals surface area contributed by atoms with E-state index >= 15 is 0 Å². The van der Waals surface area contributed by atoms with Crippen molar-refractivity contribution in [3.8, 4) is 0 Å². The van der Waals surface area contributed by atoms with Crippen LogP contribution in [-0.2, 0) is 6.42 Å². The summed E-state index contributed by atoms with van der Waals surface area (Å²) in [5.41, 5.74) is 3.72. The fourth-order valence-corrected chi connectivity index (χ4v) is 3.10. The zero-order valence-electron chi connectivity index (χ0n) is 13.7. The van der Waals surface area contributed by atoms with E-state index in [-0.39, 0.29) is 11.5 Å². The Kier molecular flexibility index (Phi) is 3.61. The maximum absolute atomic E-state index is 12.5. The van der Waals surface area contributed by atoms with Gasteiger partial charge in [-0.2, -0.15) is 0 Å². The average molecular weight is 331 g/mol. The maximum Gasteiger partial charge on any atom is 0.255 e. The molecule has 4 aromatic rings. The number of hydrogen-bond acceptors (Lipinski definition) is 2. The molecular formula is C20H17N3O2. The topological polar surface area (TPSA) is 77.8 Å². The molecule has 0 bridgehead atoms. The molecule has 2 aromatic carbocycles. The monoisotopic (exact) mass is 331 g/mol. The van der Waals surface area contributed by atoms with Crippen LogP contribution in [0.25, 0.3) is 21.8 Å². The maximum atomic E-state index is 12.5. The predicted molar refractivity (Wildman–Crippen MR) is 100 cm³/mol. The van der Waals surface area contributed by atoms with Crippen LogP contribution in [0.4, 0.5) is 5.69 Å². The van der Waals surface area contributed by atoms with Gasteiger partial charge in [0.25, 0.3) is 5.91 Å². The number of anilines is 1. The molecule has 3 N–H and O–H groups in total. The molecule has 124 valence electrons. The molecule has 2 heterocycles. The lowest BCUT2D eigenvalue weighted by atomic mass is 10.1. The summed E-state index contributed by atoms with van der Waals surface area (Å²) in [5, 5.41) is 4.94. The van der Waals surface area contributed by atoms with E-state index in [4.69, 9.17) is 0 Å². The first-order valence-electron chi connectivity index (χ1n) is 8.18. The smallest absolute Gasteiger partial charge is 0.255 e. The first kappa shape index (κ1) is 15.2. The molecular weight excluding hydrogens is 314 g/mol. The van der Waals surface area contributed by atoms with Gasteiger partial charge in [-0.3, -0.25) is 9.59 Å². The minimum absolute atomic E-state index is 0.134. The number of aryl methyl sites for hydroxylation is 1. The zero-order chi connectivity index (χ0) is 17.4. The van der Waals surface area contributed by atoms with Crippen molar-refractivity contribution in [3.05, 3.63) is 76.2 Å². The van der Waals surface area contributed by atoms with Gasteiger partial charge in [-0.15, -0.1) is 0 Å². The SMILES string of the molecule is CCc1cc(=O)[nH]c2cc(NC(=O)c3ccc4cc[nH]c4c3)ccc12. The molecule has 25 heavy (non-hydrogen) atoms. The Morgan fingerprint density at radius 2 is 1.92 bits per heavy atom. The van der Waals surface area contributed by atoms with Gasteiger partial charge in [-0.25, -0.2) is 0 Å². The van der Waals surface area contributed by atoms with Crippen molar-refractivity contribution >= 4 is 33.4 Å². The Balaban J connectivity index is 1.67. The van der Waals surface area contributed by atoms with Crippen LogP contribution >= 0.6 is 0 Å². The Labute approximate surface area is 143 Å². The number of H-pyrrole nitrogens is 2. The highest BCUT2D eigenvalue weighted by Crippen LogP contribution is 2.21. The van der Waals surface area contributed by atoms with Crippen molar-refractivity contribution in [3.63, 3.8) is 0 Å². The van der Waals surface area contributed by atoms with E-state index in [9.17, 15) is 9.59 Å². The number of benzene rings is 2. The van der Waals surface area contributed by atoms with E-state index in [1.54, 1.807) is 18.2 Å². The molecule has 2 aromatic heterocycles. The number of aromatic nitrogens is 2. The van der Waals surface area contributed by atoms with Crippen molar-refractivity contribution in [2.75, 3.05) is 5.32 Å². The number of pyridine rings is 1. The van der Waals surface area contributed by atoms with E-state index in [2.05, 4.69) is 15.3 Å². The Bertz CT molecular complexity index is 1150. The highest BCUT2D eigenvalue weighted by atomic mass is 16.1. The second-order valence-corrected chi connectivity index (χ2v) is 6.01. The van der Waals surface area contributed by atoms with E-state index in [0.29, 0.717) is 11.3 Å². The van der Waals surface area contributed by atoms with Crippen LogP contribution in [0.5, 0.6) is 0 Å². The molecule has 0 radical (unpaired) electrons. The van der Waals surface area contributed by atoms with Gasteiger partial charge in [0.05, 0.1) is 5.52 Å². The van der Waals surface area contributed by atoms with Gasteiger partial charge < -0.3 is 15.3 Å². The van der Waals surface area contributed by atoms with Gasteiger partial charge in [0, 0.05) is 34.4 Å². The van der Waals surface area contributed by atoms with E-state index in [0.717, 1.165) is 33.8 Å². The van der Waals surface area contributed by atoms with Crippen LogP contribution in [0.3, 0.4) is 0 Å². The molecule has 5 heteroatoms. The Hall–Kier alpha value is -3.34. The molecule has 5 nitrogen and oxygen atoms in total. The van der Waals surface area contributed by atoms with Crippen molar-refractivity contribution in [1.82, 2.24) is 9.97 Å². The average Bonchev–Trinajstić information content (AvgIpc) is 3.08. The molecule has 0 spiro atoms. The summed E-state index contributed by atoms with van der Waals surface area (Å²) in [7, 11) is 0. The Morgan fingerprint density at radius 3 is 2.76 bits per heavy atom. The number of carbonyl (C=O) groups is 1. The van der Waals surface area contributed by atoms with Crippen LogP contribution in [0.15, 0.2) is 59.5 Å². The normalized spacial score (nSPS) is 11.1. The lowest BCUT2D eigenvalue weighted by Gasteiger charge is -2.09. The fraction of sp³-hybridized carbons (Fsp3) is 0.100. The first-order chi connectivity index (χ1) is 12.1. The number of nitrogens with one attached hydrogen (secondary N) is 3. The third-order valence-corrected chi connectivity index (χ3v) is 4.38.